The van der Waals surface area contributed by atoms with E-state index in [1.54, 1.807) is 0 Å². The molecule has 0 saturated carbocycles. The van der Waals surface area contributed by atoms with Crippen LogP contribution in [0.4, 0.5) is 0 Å². The average Bonchev–Trinajstić information content (AvgIpc) is 3.17. The third-order valence-electron chi connectivity index (χ3n) is 5.82. The van der Waals surface area contributed by atoms with Crippen LogP contribution >= 0.6 is 0 Å². The fourth-order valence-electron chi connectivity index (χ4n) is 4.30. The number of aliphatic hydroxyl groups excluding tert-OH is 1. The van der Waals surface area contributed by atoms with Crippen molar-refractivity contribution in [3.8, 4) is 11.3 Å². The molecular weight excluding hydrogens is 374 g/mol. The Bertz CT molecular complexity index is 968. The van der Waals surface area contributed by atoms with Crippen LogP contribution < -0.4 is 0 Å². The monoisotopic (exact) mass is 405 g/mol. The van der Waals surface area contributed by atoms with Crippen LogP contribution in [-0.4, -0.2) is 52.2 Å². The van der Waals surface area contributed by atoms with E-state index in [0.717, 1.165) is 67.6 Å². The lowest BCUT2D eigenvalue weighted by atomic mass is 10.1. The van der Waals surface area contributed by atoms with Crippen molar-refractivity contribution >= 4 is 0 Å². The van der Waals surface area contributed by atoms with Crippen molar-refractivity contribution in [2.75, 3.05) is 26.2 Å². The number of benzene rings is 1. The number of aliphatic hydroxyl groups is 1. The summed E-state index contributed by atoms with van der Waals surface area (Å²) in [6.45, 7) is 8.92. The second kappa shape index (κ2) is 9.56. The van der Waals surface area contributed by atoms with E-state index < -0.39 is 0 Å². The van der Waals surface area contributed by atoms with Crippen LogP contribution in [0.3, 0.4) is 0 Å². The summed E-state index contributed by atoms with van der Waals surface area (Å²) in [5.41, 5.74) is 4.57. The van der Waals surface area contributed by atoms with Crippen molar-refractivity contribution in [1.82, 2.24) is 14.8 Å². The van der Waals surface area contributed by atoms with E-state index in [0.29, 0.717) is 6.04 Å². The second-order valence-corrected chi connectivity index (χ2v) is 8.25. The summed E-state index contributed by atoms with van der Waals surface area (Å²) in [6.07, 6.45) is 0.786. The summed E-state index contributed by atoms with van der Waals surface area (Å²) in [6, 6.07) is 19.2. The normalized spacial score (nSPS) is 18.0. The molecule has 4 rings (SSSR count). The maximum atomic E-state index is 9.62. The van der Waals surface area contributed by atoms with E-state index in [9.17, 15) is 5.11 Å². The fourth-order valence-corrected chi connectivity index (χ4v) is 4.30. The van der Waals surface area contributed by atoms with Gasteiger partial charge in [-0.1, -0.05) is 24.3 Å². The number of pyridine rings is 1. The third kappa shape index (κ3) is 5.17. The number of nitrogens with zero attached hydrogens (tertiary/aromatic N) is 3. The van der Waals surface area contributed by atoms with Crippen molar-refractivity contribution in [2.24, 2.45) is 0 Å². The minimum Gasteiger partial charge on any atom is -0.461 e. The third-order valence-corrected chi connectivity index (χ3v) is 5.82. The summed E-state index contributed by atoms with van der Waals surface area (Å²) < 4.78 is 5.79. The van der Waals surface area contributed by atoms with Crippen LogP contribution in [0, 0.1) is 13.8 Å². The Labute approximate surface area is 179 Å². The van der Waals surface area contributed by atoms with Gasteiger partial charge in [0.1, 0.15) is 11.5 Å². The Morgan fingerprint density at radius 1 is 1.03 bits per heavy atom. The molecule has 158 valence electrons. The molecule has 2 aromatic heterocycles. The quantitative estimate of drug-likeness (QED) is 0.643. The first-order valence-electron chi connectivity index (χ1n) is 10.8. The molecular formula is C25H31N3O2. The van der Waals surface area contributed by atoms with E-state index in [1.165, 1.54) is 5.56 Å². The van der Waals surface area contributed by atoms with Crippen LogP contribution in [0.25, 0.3) is 11.3 Å². The van der Waals surface area contributed by atoms with Crippen molar-refractivity contribution in [2.45, 2.75) is 39.4 Å². The number of piperazine rings is 1. The zero-order valence-corrected chi connectivity index (χ0v) is 17.9. The number of aryl methyl sites for hydroxylation is 2. The molecule has 0 unspecified atom stereocenters. The minimum atomic E-state index is 0.212. The molecule has 1 saturated heterocycles. The standard InChI is InChI=1S/C25H31N3O2/c1-19-5-3-8-23(26-19)17-28-13-12-27(18-24(28)11-14-29)16-21-6-4-7-22(15-21)25-10-9-20(2)30-25/h3-10,15,24,29H,11-14,16-18H2,1-2H3/t24-/m0/s1. The van der Waals surface area contributed by atoms with Crippen LogP contribution in [0.15, 0.2) is 59.0 Å². The Hall–Kier alpha value is -2.47. The van der Waals surface area contributed by atoms with Gasteiger partial charge in [-0.2, -0.15) is 0 Å². The molecule has 5 heteroatoms. The Morgan fingerprint density at radius 2 is 1.90 bits per heavy atom. The molecule has 3 heterocycles. The molecule has 1 aliphatic heterocycles. The molecule has 5 nitrogen and oxygen atoms in total. The van der Waals surface area contributed by atoms with E-state index in [2.05, 4.69) is 51.2 Å². The molecule has 1 aromatic carbocycles. The van der Waals surface area contributed by atoms with Gasteiger partial charge in [0.15, 0.2) is 0 Å². The summed E-state index contributed by atoms with van der Waals surface area (Å²) in [7, 11) is 0. The highest BCUT2D eigenvalue weighted by Crippen LogP contribution is 2.24. The van der Waals surface area contributed by atoms with Crippen molar-refractivity contribution in [3.05, 3.63) is 77.3 Å². The highest BCUT2D eigenvalue weighted by molar-refractivity contribution is 5.58. The van der Waals surface area contributed by atoms with Gasteiger partial charge in [-0.25, -0.2) is 0 Å². The lowest BCUT2D eigenvalue weighted by Crippen LogP contribution is -2.52. The lowest BCUT2D eigenvalue weighted by molar-refractivity contribution is 0.0491. The molecule has 1 N–H and O–H groups in total. The first kappa shape index (κ1) is 20.8. The van der Waals surface area contributed by atoms with Gasteiger partial charge in [-0.3, -0.25) is 14.8 Å². The zero-order valence-electron chi connectivity index (χ0n) is 17.9. The van der Waals surface area contributed by atoms with Gasteiger partial charge in [-0.05, 0) is 56.2 Å². The molecule has 3 aromatic rings. The molecule has 1 fully saturated rings. The van der Waals surface area contributed by atoms with Gasteiger partial charge in [0.25, 0.3) is 0 Å². The molecule has 0 amide bonds. The van der Waals surface area contributed by atoms with Gasteiger partial charge >= 0.3 is 0 Å². The fraction of sp³-hybridized carbons (Fsp3) is 0.400. The maximum absolute atomic E-state index is 9.62. The second-order valence-electron chi connectivity index (χ2n) is 8.25. The number of aromatic nitrogens is 1. The maximum Gasteiger partial charge on any atom is 0.134 e. The van der Waals surface area contributed by atoms with Crippen molar-refractivity contribution in [3.63, 3.8) is 0 Å². The number of furan rings is 1. The van der Waals surface area contributed by atoms with Crippen LogP contribution in [0.2, 0.25) is 0 Å². The summed E-state index contributed by atoms with van der Waals surface area (Å²) in [4.78, 5) is 9.62. The lowest BCUT2D eigenvalue weighted by Gasteiger charge is -2.41. The smallest absolute Gasteiger partial charge is 0.134 e. The summed E-state index contributed by atoms with van der Waals surface area (Å²) in [5, 5.41) is 9.62. The summed E-state index contributed by atoms with van der Waals surface area (Å²) >= 11 is 0. The van der Waals surface area contributed by atoms with Gasteiger partial charge in [0.05, 0.1) is 5.69 Å². The molecule has 0 bridgehead atoms. The van der Waals surface area contributed by atoms with Gasteiger partial charge in [0, 0.05) is 56.6 Å². The first-order chi connectivity index (χ1) is 14.6. The van der Waals surface area contributed by atoms with Crippen LogP contribution in [0.1, 0.15) is 29.1 Å². The van der Waals surface area contributed by atoms with E-state index >= 15 is 0 Å². The molecule has 1 atom stereocenters. The van der Waals surface area contributed by atoms with Gasteiger partial charge < -0.3 is 9.52 Å². The van der Waals surface area contributed by atoms with E-state index in [-0.39, 0.29) is 6.61 Å². The Kier molecular flexibility index (Phi) is 6.62. The topological polar surface area (TPSA) is 52.7 Å². The minimum absolute atomic E-state index is 0.212. The van der Waals surface area contributed by atoms with Gasteiger partial charge in [0.2, 0.25) is 0 Å². The SMILES string of the molecule is Cc1cccc(CN2CCN(Cc3cccc(-c4ccc(C)o4)c3)C[C@@H]2CCO)n1. The first-order valence-corrected chi connectivity index (χ1v) is 10.8. The van der Waals surface area contributed by atoms with Crippen LogP contribution in [-0.2, 0) is 13.1 Å². The van der Waals surface area contributed by atoms with Crippen molar-refractivity contribution in [1.29, 1.82) is 0 Å². The Balaban J connectivity index is 1.42. The highest BCUT2D eigenvalue weighted by atomic mass is 16.3. The predicted octanol–water partition coefficient (Wildman–Crippen LogP) is 4.03. The molecule has 30 heavy (non-hydrogen) atoms. The Morgan fingerprint density at radius 3 is 2.67 bits per heavy atom. The number of hydrogen-bond acceptors (Lipinski definition) is 5. The van der Waals surface area contributed by atoms with Gasteiger partial charge in [-0.15, -0.1) is 0 Å². The number of rotatable bonds is 7. The van der Waals surface area contributed by atoms with Crippen molar-refractivity contribution < 1.29 is 9.52 Å². The van der Waals surface area contributed by atoms with E-state index in [4.69, 9.17) is 4.42 Å². The van der Waals surface area contributed by atoms with E-state index in [1.807, 2.05) is 32.0 Å². The molecule has 1 aliphatic rings. The number of hydrogen-bond donors (Lipinski definition) is 1. The molecule has 0 radical (unpaired) electrons. The summed E-state index contributed by atoms with van der Waals surface area (Å²) in [5.74, 6) is 1.85. The van der Waals surface area contributed by atoms with Crippen LogP contribution in [0.5, 0.6) is 0 Å². The molecule has 0 aliphatic carbocycles. The average molecular weight is 406 g/mol. The zero-order chi connectivity index (χ0) is 20.9. The predicted molar refractivity (Wildman–Crippen MR) is 119 cm³/mol. The molecule has 0 spiro atoms. The highest BCUT2D eigenvalue weighted by Gasteiger charge is 2.27. The largest absolute Gasteiger partial charge is 0.461 e.